The van der Waals surface area contributed by atoms with Crippen LogP contribution in [0.15, 0.2) is 60.7 Å². The van der Waals surface area contributed by atoms with Crippen LogP contribution in [0.2, 0.25) is 10.0 Å². The first kappa shape index (κ1) is 30.7. The number of nitrogens with zero attached hydrogens (tertiary/aromatic N) is 1. The molecule has 1 heterocycles. The van der Waals surface area contributed by atoms with E-state index in [1.807, 2.05) is 20.8 Å². The van der Waals surface area contributed by atoms with Crippen molar-refractivity contribution in [3.63, 3.8) is 0 Å². The monoisotopic (exact) mass is 601 g/mol. The second kappa shape index (κ2) is 11.9. The SMILES string of the molecule is COC(=O)c1ccc(NC(O)[C@@H]2N[C@@H](CC(C)(C)C)[C@](C#N)(c3ccc(Cl)cc3F)[C@H]2c2cccc(Cl)c2F)cc1. The number of carbonyl (C=O) groups excluding carboxylic acids is 1. The molecular weight excluding hydrogens is 571 g/mol. The maximum absolute atomic E-state index is 15.8. The molecular formula is C31H31Cl2F2N3O3. The smallest absolute Gasteiger partial charge is 0.337 e. The lowest BCUT2D eigenvalue weighted by molar-refractivity contribution is 0.0600. The summed E-state index contributed by atoms with van der Waals surface area (Å²) in [5.41, 5.74) is -1.14. The number of benzene rings is 3. The van der Waals surface area contributed by atoms with E-state index < -0.39 is 47.2 Å². The molecule has 4 rings (SSSR count). The van der Waals surface area contributed by atoms with Gasteiger partial charge in [0.25, 0.3) is 0 Å². The molecule has 0 radical (unpaired) electrons. The average Bonchev–Trinajstić information content (AvgIpc) is 3.23. The third kappa shape index (κ3) is 6.05. The largest absolute Gasteiger partial charge is 0.465 e. The summed E-state index contributed by atoms with van der Waals surface area (Å²) in [7, 11) is 1.28. The van der Waals surface area contributed by atoms with Crippen LogP contribution < -0.4 is 10.6 Å². The molecule has 3 aromatic rings. The number of ether oxygens (including phenoxy) is 1. The first-order valence-electron chi connectivity index (χ1n) is 13.0. The third-order valence-electron chi connectivity index (χ3n) is 7.45. The van der Waals surface area contributed by atoms with Crippen LogP contribution in [0, 0.1) is 28.4 Å². The van der Waals surface area contributed by atoms with Crippen LogP contribution in [-0.4, -0.2) is 36.5 Å². The predicted molar refractivity (Wildman–Crippen MR) is 155 cm³/mol. The van der Waals surface area contributed by atoms with Crippen molar-refractivity contribution in [1.29, 1.82) is 5.26 Å². The fraction of sp³-hybridized carbons (Fsp3) is 0.355. The standard InChI is InChI=1S/C31H31Cl2F2N3O3/c1-30(2,3)15-24-31(16-36,21-13-10-18(32)14-23(21)34)25(20-6-5-7-22(33)26(20)35)27(38-24)28(39)37-19-11-8-17(9-12-19)29(40)41-4/h5-14,24-25,27-28,37-39H,15H2,1-4H3/t24-,25-,27+,28?,31-/m0/s1. The number of carbonyl (C=O) groups is 1. The van der Waals surface area contributed by atoms with Crippen LogP contribution in [0.5, 0.6) is 0 Å². The van der Waals surface area contributed by atoms with Crippen molar-refractivity contribution in [2.75, 3.05) is 12.4 Å². The van der Waals surface area contributed by atoms with Gasteiger partial charge in [-0.3, -0.25) is 0 Å². The van der Waals surface area contributed by atoms with E-state index in [-0.39, 0.29) is 26.6 Å². The van der Waals surface area contributed by atoms with Crippen LogP contribution in [0.25, 0.3) is 0 Å². The molecule has 0 aliphatic carbocycles. The van der Waals surface area contributed by atoms with Gasteiger partial charge < -0.3 is 20.5 Å². The highest BCUT2D eigenvalue weighted by molar-refractivity contribution is 6.31. The summed E-state index contributed by atoms with van der Waals surface area (Å²) in [4.78, 5) is 11.8. The number of hydrogen-bond donors (Lipinski definition) is 3. The lowest BCUT2D eigenvalue weighted by atomic mass is 9.62. The van der Waals surface area contributed by atoms with Gasteiger partial charge in [0.05, 0.1) is 29.8 Å². The van der Waals surface area contributed by atoms with Crippen LogP contribution >= 0.6 is 23.2 Å². The molecule has 6 nitrogen and oxygen atoms in total. The Hall–Kier alpha value is -3.22. The number of rotatable bonds is 7. The molecule has 1 fully saturated rings. The highest BCUT2D eigenvalue weighted by Crippen LogP contribution is 2.53. The molecule has 5 atom stereocenters. The number of anilines is 1. The molecule has 216 valence electrons. The van der Waals surface area contributed by atoms with Crippen molar-refractivity contribution in [3.8, 4) is 6.07 Å². The lowest BCUT2D eigenvalue weighted by Gasteiger charge is -2.38. The molecule has 0 aromatic heterocycles. The number of methoxy groups -OCH3 is 1. The second-order valence-electron chi connectivity index (χ2n) is 11.4. The van der Waals surface area contributed by atoms with E-state index in [0.717, 1.165) is 6.07 Å². The van der Waals surface area contributed by atoms with Gasteiger partial charge in [-0.05, 0) is 59.9 Å². The Morgan fingerprint density at radius 3 is 2.44 bits per heavy atom. The van der Waals surface area contributed by atoms with E-state index in [9.17, 15) is 15.2 Å². The summed E-state index contributed by atoms with van der Waals surface area (Å²) in [6, 6.07) is 15.4. The van der Waals surface area contributed by atoms with E-state index >= 15 is 8.78 Å². The number of nitrogens with one attached hydrogen (secondary N) is 2. The first-order valence-corrected chi connectivity index (χ1v) is 13.8. The summed E-state index contributed by atoms with van der Waals surface area (Å²) in [5, 5.41) is 28.8. The van der Waals surface area contributed by atoms with E-state index in [1.54, 1.807) is 18.2 Å². The molecule has 1 aliphatic rings. The van der Waals surface area contributed by atoms with Crippen molar-refractivity contribution in [3.05, 3.63) is 99.0 Å². The summed E-state index contributed by atoms with van der Waals surface area (Å²) >= 11 is 12.3. The number of aliphatic hydroxyl groups is 1. The summed E-state index contributed by atoms with van der Waals surface area (Å²) < 4.78 is 36.2. The van der Waals surface area contributed by atoms with Gasteiger partial charge in [0.15, 0.2) is 0 Å². The van der Waals surface area contributed by atoms with Crippen molar-refractivity contribution < 1.29 is 23.4 Å². The summed E-state index contributed by atoms with van der Waals surface area (Å²) in [6.07, 6.45) is -0.992. The van der Waals surface area contributed by atoms with E-state index in [0.29, 0.717) is 17.7 Å². The Morgan fingerprint density at radius 1 is 1.17 bits per heavy atom. The minimum atomic E-state index is -1.67. The van der Waals surface area contributed by atoms with Gasteiger partial charge in [-0.15, -0.1) is 0 Å². The number of nitriles is 1. The molecule has 41 heavy (non-hydrogen) atoms. The van der Waals surface area contributed by atoms with Crippen LogP contribution in [-0.2, 0) is 10.2 Å². The Morgan fingerprint density at radius 2 is 1.85 bits per heavy atom. The quantitative estimate of drug-likeness (QED) is 0.203. The predicted octanol–water partition coefficient (Wildman–Crippen LogP) is 6.81. The molecule has 0 saturated carbocycles. The van der Waals surface area contributed by atoms with Gasteiger partial charge in [0.2, 0.25) is 0 Å². The van der Waals surface area contributed by atoms with Gasteiger partial charge in [0.1, 0.15) is 23.3 Å². The molecule has 0 bridgehead atoms. The zero-order valence-corrected chi connectivity index (χ0v) is 24.5. The Kier molecular flexibility index (Phi) is 8.95. The van der Waals surface area contributed by atoms with E-state index in [2.05, 4.69) is 16.7 Å². The minimum absolute atomic E-state index is 0.0349. The van der Waals surface area contributed by atoms with E-state index in [4.69, 9.17) is 27.9 Å². The van der Waals surface area contributed by atoms with Gasteiger partial charge in [0, 0.05) is 28.2 Å². The van der Waals surface area contributed by atoms with Gasteiger partial charge in [-0.2, -0.15) is 5.26 Å². The Bertz CT molecular complexity index is 1470. The molecule has 10 heteroatoms. The van der Waals surface area contributed by atoms with Crippen molar-refractivity contribution >= 4 is 34.9 Å². The molecule has 3 aromatic carbocycles. The Balaban J connectivity index is 1.89. The average molecular weight is 603 g/mol. The zero-order valence-electron chi connectivity index (χ0n) is 23.0. The maximum atomic E-state index is 15.8. The van der Waals surface area contributed by atoms with Crippen LogP contribution in [0.1, 0.15) is 54.6 Å². The summed E-state index contributed by atoms with van der Waals surface area (Å²) in [6.45, 7) is 5.94. The van der Waals surface area contributed by atoms with Gasteiger partial charge in [-0.25, -0.2) is 13.6 Å². The van der Waals surface area contributed by atoms with Crippen LogP contribution in [0.4, 0.5) is 14.5 Å². The lowest BCUT2D eigenvalue weighted by Crippen LogP contribution is -2.45. The second-order valence-corrected chi connectivity index (χ2v) is 12.2. The van der Waals surface area contributed by atoms with E-state index in [1.165, 1.54) is 43.5 Å². The first-order chi connectivity index (χ1) is 19.3. The van der Waals surface area contributed by atoms with Crippen LogP contribution in [0.3, 0.4) is 0 Å². The van der Waals surface area contributed by atoms with Crippen molar-refractivity contribution in [2.24, 2.45) is 5.41 Å². The minimum Gasteiger partial charge on any atom is -0.465 e. The highest BCUT2D eigenvalue weighted by atomic mass is 35.5. The molecule has 3 N–H and O–H groups in total. The van der Waals surface area contributed by atoms with Crippen molar-refractivity contribution in [2.45, 2.75) is 56.8 Å². The topological polar surface area (TPSA) is 94.4 Å². The summed E-state index contributed by atoms with van der Waals surface area (Å²) in [5.74, 6) is -3.08. The molecule has 1 aliphatic heterocycles. The highest BCUT2D eigenvalue weighted by Gasteiger charge is 2.60. The maximum Gasteiger partial charge on any atom is 0.337 e. The molecule has 0 amide bonds. The number of aliphatic hydroxyl groups excluding tert-OH is 1. The normalized spacial score (nSPS) is 23.1. The number of esters is 1. The third-order valence-corrected chi connectivity index (χ3v) is 7.98. The fourth-order valence-corrected chi connectivity index (χ4v) is 6.07. The molecule has 0 spiro atoms. The Labute approximate surface area is 248 Å². The van der Waals surface area contributed by atoms with Gasteiger partial charge in [-0.1, -0.05) is 62.2 Å². The van der Waals surface area contributed by atoms with Crippen molar-refractivity contribution in [1.82, 2.24) is 5.32 Å². The van der Waals surface area contributed by atoms with Gasteiger partial charge >= 0.3 is 5.97 Å². The fourth-order valence-electron chi connectivity index (χ4n) is 5.73. The zero-order chi connectivity index (χ0) is 30.1. The number of hydrogen-bond acceptors (Lipinski definition) is 6. The molecule has 1 saturated heterocycles. The number of halogens is 4. The molecule has 1 unspecified atom stereocenters.